The molecule has 4 rings (SSSR count). The number of hydrogen-bond acceptors (Lipinski definition) is 4. The first-order chi connectivity index (χ1) is 11.7. The molecule has 1 aromatic heterocycles. The molecule has 3 heterocycles. The van der Waals surface area contributed by atoms with E-state index in [0.717, 1.165) is 60.8 Å². The van der Waals surface area contributed by atoms with E-state index in [1.807, 2.05) is 36.1 Å². The van der Waals surface area contributed by atoms with Gasteiger partial charge in [0, 0.05) is 36.1 Å². The zero-order valence-corrected chi connectivity index (χ0v) is 17.3. The number of halogens is 2. The van der Waals surface area contributed by atoms with Crippen molar-refractivity contribution in [2.75, 3.05) is 26.2 Å². The Morgan fingerprint density at radius 1 is 1.23 bits per heavy atom. The van der Waals surface area contributed by atoms with Crippen LogP contribution < -0.4 is 5.32 Å². The Labute approximate surface area is 171 Å². The molecule has 7 heteroatoms. The molecule has 142 valence electrons. The predicted octanol–water partition coefficient (Wildman–Crippen LogP) is 4.18. The second kappa shape index (κ2) is 8.70. The second-order valence-corrected chi connectivity index (χ2v) is 8.11. The van der Waals surface area contributed by atoms with Gasteiger partial charge in [-0.1, -0.05) is 12.1 Å². The third kappa shape index (κ3) is 4.22. The number of piperidine rings is 1. The number of thiazole rings is 1. The van der Waals surface area contributed by atoms with Crippen molar-refractivity contribution in [2.24, 2.45) is 5.41 Å². The Bertz CT molecular complexity index is 749. The van der Waals surface area contributed by atoms with E-state index in [4.69, 9.17) is 0 Å². The first-order valence-electron chi connectivity index (χ1n) is 8.68. The van der Waals surface area contributed by atoms with E-state index in [0.29, 0.717) is 5.41 Å². The van der Waals surface area contributed by atoms with Gasteiger partial charge in [0.1, 0.15) is 0 Å². The summed E-state index contributed by atoms with van der Waals surface area (Å²) in [6, 6.07) is 7.90. The molecule has 0 aliphatic carbocycles. The number of carbonyl (C=O) groups is 1. The number of likely N-dealkylation sites (tertiary alicyclic amines) is 1. The topological polar surface area (TPSA) is 45.2 Å². The minimum absolute atomic E-state index is 0. The lowest BCUT2D eigenvalue weighted by atomic mass is 9.78. The predicted molar refractivity (Wildman–Crippen MR) is 112 cm³/mol. The van der Waals surface area contributed by atoms with E-state index in [9.17, 15) is 4.79 Å². The largest absolute Gasteiger partial charge is 0.339 e. The fourth-order valence-electron chi connectivity index (χ4n) is 3.90. The first-order valence-corrected chi connectivity index (χ1v) is 9.56. The van der Waals surface area contributed by atoms with Gasteiger partial charge in [-0.3, -0.25) is 4.79 Å². The van der Waals surface area contributed by atoms with E-state index in [1.54, 1.807) is 11.3 Å². The van der Waals surface area contributed by atoms with Gasteiger partial charge in [0.25, 0.3) is 5.91 Å². The summed E-state index contributed by atoms with van der Waals surface area (Å²) in [7, 11) is 0. The van der Waals surface area contributed by atoms with Crippen LogP contribution in [0, 0.1) is 12.3 Å². The third-order valence-electron chi connectivity index (χ3n) is 5.47. The average molecular weight is 414 g/mol. The van der Waals surface area contributed by atoms with Gasteiger partial charge in [0.2, 0.25) is 0 Å². The van der Waals surface area contributed by atoms with Crippen LogP contribution in [0.25, 0.3) is 11.3 Å². The molecule has 2 aliphatic heterocycles. The van der Waals surface area contributed by atoms with Crippen molar-refractivity contribution in [3.63, 3.8) is 0 Å². The number of rotatable bonds is 2. The molecule has 26 heavy (non-hydrogen) atoms. The van der Waals surface area contributed by atoms with Gasteiger partial charge in [0.05, 0.1) is 10.7 Å². The summed E-state index contributed by atoms with van der Waals surface area (Å²) in [5.41, 5.74) is 3.20. The quantitative estimate of drug-likeness (QED) is 0.802. The van der Waals surface area contributed by atoms with E-state index in [-0.39, 0.29) is 30.7 Å². The Kier molecular flexibility index (Phi) is 7.08. The number of benzene rings is 1. The third-order valence-corrected chi connectivity index (χ3v) is 6.24. The van der Waals surface area contributed by atoms with Crippen LogP contribution in [0.3, 0.4) is 0 Å². The van der Waals surface area contributed by atoms with Gasteiger partial charge < -0.3 is 10.2 Å². The standard InChI is InChI=1S/C19H23N3OS.2ClH/c1-14-21-17(12-24-14)15-3-2-4-16(11-15)18(23)22-9-6-19(7-10-22)5-8-20-13-19;;/h2-4,11-12,20H,5-10,13H2,1H3;2*1H. The fraction of sp³-hybridized carbons (Fsp3) is 0.474. The maximum Gasteiger partial charge on any atom is 0.253 e. The van der Waals surface area contributed by atoms with Crippen molar-refractivity contribution < 1.29 is 4.79 Å². The van der Waals surface area contributed by atoms with Crippen molar-refractivity contribution in [3.05, 3.63) is 40.2 Å². The molecule has 0 bridgehead atoms. The molecule has 2 aromatic rings. The van der Waals surface area contributed by atoms with Crippen LogP contribution >= 0.6 is 36.2 Å². The van der Waals surface area contributed by atoms with Crippen LogP contribution in [-0.4, -0.2) is 42.0 Å². The number of amides is 1. The fourth-order valence-corrected chi connectivity index (χ4v) is 4.52. The van der Waals surface area contributed by atoms with Crippen LogP contribution in [-0.2, 0) is 0 Å². The minimum Gasteiger partial charge on any atom is -0.339 e. The van der Waals surface area contributed by atoms with Crippen molar-refractivity contribution in [2.45, 2.75) is 26.2 Å². The number of nitrogens with zero attached hydrogens (tertiary/aromatic N) is 2. The molecule has 2 aliphatic rings. The van der Waals surface area contributed by atoms with Gasteiger partial charge >= 0.3 is 0 Å². The average Bonchev–Trinajstić information content (AvgIpc) is 3.25. The van der Waals surface area contributed by atoms with Gasteiger partial charge in [-0.25, -0.2) is 4.98 Å². The lowest BCUT2D eigenvalue weighted by Crippen LogP contribution is -2.44. The molecule has 2 saturated heterocycles. The normalized spacial score (nSPS) is 18.3. The van der Waals surface area contributed by atoms with E-state index in [2.05, 4.69) is 15.7 Å². The highest BCUT2D eigenvalue weighted by Crippen LogP contribution is 2.37. The van der Waals surface area contributed by atoms with Crippen molar-refractivity contribution in [3.8, 4) is 11.3 Å². The monoisotopic (exact) mass is 413 g/mol. The molecule has 0 saturated carbocycles. The van der Waals surface area contributed by atoms with E-state index >= 15 is 0 Å². The smallest absolute Gasteiger partial charge is 0.253 e. The van der Waals surface area contributed by atoms with Crippen LogP contribution in [0.4, 0.5) is 0 Å². The van der Waals surface area contributed by atoms with Gasteiger partial charge in [-0.2, -0.15) is 0 Å². The number of nitrogens with one attached hydrogen (secondary N) is 1. The van der Waals surface area contributed by atoms with Gasteiger partial charge in [0.15, 0.2) is 0 Å². The zero-order chi connectivity index (χ0) is 16.6. The summed E-state index contributed by atoms with van der Waals surface area (Å²) in [4.78, 5) is 19.4. The summed E-state index contributed by atoms with van der Waals surface area (Å²) < 4.78 is 0. The highest BCUT2D eigenvalue weighted by atomic mass is 35.5. The summed E-state index contributed by atoms with van der Waals surface area (Å²) in [6.45, 7) is 6.00. The van der Waals surface area contributed by atoms with Crippen LogP contribution in [0.15, 0.2) is 29.6 Å². The highest BCUT2D eigenvalue weighted by Gasteiger charge is 2.38. The Balaban J connectivity index is 0.00000121. The molecule has 2 fully saturated rings. The SMILES string of the molecule is Cc1nc(-c2cccc(C(=O)N3CCC4(CCNC4)CC3)c2)cs1.Cl.Cl. The first kappa shape index (κ1) is 21.2. The van der Waals surface area contributed by atoms with Gasteiger partial charge in [-0.15, -0.1) is 36.2 Å². The summed E-state index contributed by atoms with van der Waals surface area (Å²) in [5, 5.41) is 6.58. The molecule has 4 nitrogen and oxygen atoms in total. The molecule has 1 aromatic carbocycles. The van der Waals surface area contributed by atoms with Crippen LogP contribution in [0.2, 0.25) is 0 Å². The Hall–Kier alpha value is -1.14. The number of hydrogen-bond donors (Lipinski definition) is 1. The maximum atomic E-state index is 12.9. The van der Waals surface area contributed by atoms with E-state index in [1.165, 1.54) is 6.42 Å². The minimum atomic E-state index is 0. The number of carbonyl (C=O) groups excluding carboxylic acids is 1. The highest BCUT2D eigenvalue weighted by molar-refractivity contribution is 7.09. The molecular weight excluding hydrogens is 389 g/mol. The van der Waals surface area contributed by atoms with Crippen molar-refractivity contribution in [1.29, 1.82) is 0 Å². The summed E-state index contributed by atoms with van der Waals surface area (Å²) in [6.07, 6.45) is 3.50. The lowest BCUT2D eigenvalue weighted by Gasteiger charge is -2.39. The van der Waals surface area contributed by atoms with Gasteiger partial charge in [-0.05, 0) is 50.3 Å². The Morgan fingerprint density at radius 2 is 2.00 bits per heavy atom. The van der Waals surface area contributed by atoms with Crippen molar-refractivity contribution >= 4 is 42.1 Å². The Morgan fingerprint density at radius 3 is 2.62 bits per heavy atom. The number of aryl methyl sites for hydroxylation is 1. The van der Waals surface area contributed by atoms with Crippen LogP contribution in [0.1, 0.15) is 34.6 Å². The molecule has 0 radical (unpaired) electrons. The second-order valence-electron chi connectivity index (χ2n) is 7.05. The van der Waals surface area contributed by atoms with E-state index < -0.39 is 0 Å². The molecule has 0 unspecified atom stereocenters. The molecular formula is C19H25Cl2N3OS. The molecule has 1 N–H and O–H groups in total. The summed E-state index contributed by atoms with van der Waals surface area (Å²) >= 11 is 1.64. The van der Waals surface area contributed by atoms with Crippen LogP contribution in [0.5, 0.6) is 0 Å². The molecule has 1 amide bonds. The number of aromatic nitrogens is 1. The zero-order valence-electron chi connectivity index (χ0n) is 14.9. The maximum absolute atomic E-state index is 12.9. The summed E-state index contributed by atoms with van der Waals surface area (Å²) in [5.74, 6) is 0.157. The molecule has 0 atom stereocenters. The van der Waals surface area contributed by atoms with Crippen molar-refractivity contribution in [1.82, 2.24) is 15.2 Å². The lowest BCUT2D eigenvalue weighted by molar-refractivity contribution is 0.0608. The molecule has 1 spiro atoms.